The molecule has 1 heterocycles. The van der Waals surface area contributed by atoms with Gasteiger partial charge in [0.1, 0.15) is 0 Å². The molecular formula is C29H28S. The largest absolute Gasteiger partial charge is 0.135 e. The highest BCUT2D eigenvalue weighted by Crippen LogP contribution is 2.37. The zero-order valence-corrected chi connectivity index (χ0v) is 18.8. The predicted molar refractivity (Wildman–Crippen MR) is 138 cm³/mol. The third kappa shape index (κ3) is 4.69. The maximum Gasteiger partial charge on any atom is 0.0355 e. The van der Waals surface area contributed by atoms with Gasteiger partial charge in [0, 0.05) is 20.2 Å². The highest BCUT2D eigenvalue weighted by molar-refractivity contribution is 7.25. The van der Waals surface area contributed by atoms with Gasteiger partial charge in [-0.1, -0.05) is 78.9 Å². The third-order valence-electron chi connectivity index (χ3n) is 4.88. The minimum Gasteiger partial charge on any atom is -0.135 e. The molecule has 0 radical (unpaired) electrons. The molecule has 0 N–H and O–H groups in total. The number of benzene rings is 3. The Bertz CT molecular complexity index is 1230. The Morgan fingerprint density at radius 3 is 2.03 bits per heavy atom. The summed E-state index contributed by atoms with van der Waals surface area (Å²) in [7, 11) is 0. The van der Waals surface area contributed by atoms with Crippen molar-refractivity contribution in [1.29, 1.82) is 0 Å². The first-order chi connectivity index (χ1) is 14.6. The molecule has 4 aromatic rings. The Kier molecular flexibility index (Phi) is 7.21. The molecule has 0 aliphatic heterocycles. The average molecular weight is 409 g/mol. The Labute approximate surface area is 184 Å². The Hall–Kier alpha value is -3.16. The summed E-state index contributed by atoms with van der Waals surface area (Å²) in [6.07, 6.45) is 9.88. The standard InChI is InChI=1S/C26H22S.C3H6/c1-4-6-7-19(5-2)21-12-14-25-23(16-21)24-17-22(13-15-26(24)27-25)20-10-8-18(3)9-11-20;1-3-2/h4-17H,2H2,1,3H3;3H,1H2,2H3/b6-4-,19-7+;. The highest BCUT2D eigenvalue weighted by atomic mass is 32.1. The van der Waals surface area contributed by atoms with E-state index in [0.29, 0.717) is 0 Å². The predicted octanol–water partition coefficient (Wildman–Crippen LogP) is 9.37. The Morgan fingerprint density at radius 2 is 1.40 bits per heavy atom. The number of allylic oxidation sites excluding steroid dienone is 6. The second-order valence-electron chi connectivity index (χ2n) is 7.15. The van der Waals surface area contributed by atoms with Crippen LogP contribution in [0.5, 0.6) is 0 Å². The molecule has 0 saturated heterocycles. The van der Waals surface area contributed by atoms with Gasteiger partial charge in [0.05, 0.1) is 0 Å². The van der Waals surface area contributed by atoms with E-state index in [1.54, 1.807) is 6.08 Å². The van der Waals surface area contributed by atoms with E-state index in [1.807, 2.05) is 37.3 Å². The number of rotatable bonds is 4. The molecule has 0 aliphatic rings. The minimum atomic E-state index is 1.14. The van der Waals surface area contributed by atoms with Crippen LogP contribution in [0.15, 0.2) is 104 Å². The molecule has 0 nitrogen and oxygen atoms in total. The lowest BCUT2D eigenvalue weighted by molar-refractivity contribution is 1.47. The molecule has 4 rings (SSSR count). The van der Waals surface area contributed by atoms with Crippen molar-refractivity contribution in [1.82, 2.24) is 0 Å². The Balaban J connectivity index is 0.000000806. The SMILES string of the molecule is C=C/C(=C\C=C/C)c1ccc2sc3ccc(-c4ccc(C)cc4)cc3c2c1.C=CC. The van der Waals surface area contributed by atoms with Crippen molar-refractivity contribution in [2.45, 2.75) is 20.8 Å². The Morgan fingerprint density at radius 1 is 0.800 bits per heavy atom. The lowest BCUT2D eigenvalue weighted by atomic mass is 9.99. The molecule has 0 unspecified atom stereocenters. The fourth-order valence-electron chi connectivity index (χ4n) is 3.36. The molecular weight excluding hydrogens is 380 g/mol. The fraction of sp³-hybridized carbons (Fsp3) is 0.103. The van der Waals surface area contributed by atoms with Crippen LogP contribution in [0.25, 0.3) is 36.9 Å². The molecule has 150 valence electrons. The van der Waals surface area contributed by atoms with Gasteiger partial charge in [-0.2, -0.15) is 0 Å². The molecule has 0 aliphatic carbocycles. The highest BCUT2D eigenvalue weighted by Gasteiger charge is 2.09. The van der Waals surface area contributed by atoms with Gasteiger partial charge in [-0.3, -0.25) is 0 Å². The summed E-state index contributed by atoms with van der Waals surface area (Å²) >= 11 is 1.85. The van der Waals surface area contributed by atoms with E-state index in [0.717, 1.165) is 5.57 Å². The van der Waals surface area contributed by atoms with E-state index in [4.69, 9.17) is 0 Å². The number of hydrogen-bond acceptors (Lipinski definition) is 1. The van der Waals surface area contributed by atoms with Crippen molar-refractivity contribution in [3.63, 3.8) is 0 Å². The monoisotopic (exact) mass is 408 g/mol. The van der Waals surface area contributed by atoms with Crippen LogP contribution in [-0.2, 0) is 0 Å². The molecule has 0 amide bonds. The quantitative estimate of drug-likeness (QED) is 0.233. The first kappa shape index (κ1) is 21.5. The van der Waals surface area contributed by atoms with Crippen LogP contribution >= 0.6 is 11.3 Å². The van der Waals surface area contributed by atoms with E-state index < -0.39 is 0 Å². The topological polar surface area (TPSA) is 0 Å². The van der Waals surface area contributed by atoms with Crippen LogP contribution < -0.4 is 0 Å². The molecule has 30 heavy (non-hydrogen) atoms. The normalized spacial score (nSPS) is 11.5. The maximum atomic E-state index is 3.98. The minimum absolute atomic E-state index is 1.14. The van der Waals surface area contributed by atoms with Crippen molar-refractivity contribution >= 4 is 37.1 Å². The molecule has 0 bridgehead atoms. The van der Waals surface area contributed by atoms with Gasteiger partial charge in [-0.05, 0) is 67.3 Å². The average Bonchev–Trinajstić information content (AvgIpc) is 3.13. The molecule has 3 aromatic carbocycles. The van der Waals surface area contributed by atoms with Crippen molar-refractivity contribution in [2.75, 3.05) is 0 Å². The summed E-state index contributed by atoms with van der Waals surface area (Å²) in [5.41, 5.74) is 6.16. The van der Waals surface area contributed by atoms with Gasteiger partial charge >= 0.3 is 0 Å². The molecule has 0 saturated carbocycles. The van der Waals surface area contributed by atoms with Crippen LogP contribution in [0, 0.1) is 6.92 Å². The van der Waals surface area contributed by atoms with Crippen molar-refractivity contribution in [2.24, 2.45) is 0 Å². The van der Waals surface area contributed by atoms with Crippen LogP contribution in [0.3, 0.4) is 0 Å². The van der Waals surface area contributed by atoms with Crippen molar-refractivity contribution < 1.29 is 0 Å². The number of aryl methyl sites for hydroxylation is 1. The molecule has 1 aromatic heterocycles. The number of thiophene rings is 1. The van der Waals surface area contributed by atoms with E-state index in [2.05, 4.69) is 92.9 Å². The summed E-state index contributed by atoms with van der Waals surface area (Å²) in [6.45, 7) is 13.4. The smallest absolute Gasteiger partial charge is 0.0355 e. The van der Waals surface area contributed by atoms with Crippen molar-refractivity contribution in [3.05, 3.63) is 115 Å². The summed E-state index contributed by atoms with van der Waals surface area (Å²) in [4.78, 5) is 0. The van der Waals surface area contributed by atoms with E-state index >= 15 is 0 Å². The van der Waals surface area contributed by atoms with Gasteiger partial charge < -0.3 is 0 Å². The van der Waals surface area contributed by atoms with Crippen LogP contribution in [0.4, 0.5) is 0 Å². The third-order valence-corrected chi connectivity index (χ3v) is 6.03. The summed E-state index contributed by atoms with van der Waals surface area (Å²) in [5.74, 6) is 0. The van der Waals surface area contributed by atoms with Gasteiger partial charge in [-0.15, -0.1) is 17.9 Å². The van der Waals surface area contributed by atoms with Gasteiger partial charge in [0.2, 0.25) is 0 Å². The molecule has 0 atom stereocenters. The fourth-order valence-corrected chi connectivity index (χ4v) is 4.43. The lowest BCUT2D eigenvalue weighted by Crippen LogP contribution is -1.81. The number of hydrogen-bond donors (Lipinski definition) is 0. The second kappa shape index (κ2) is 10.0. The zero-order chi connectivity index (χ0) is 21.5. The summed E-state index contributed by atoms with van der Waals surface area (Å²) in [5, 5.41) is 2.64. The maximum absolute atomic E-state index is 3.98. The van der Waals surface area contributed by atoms with Crippen LogP contribution in [0.1, 0.15) is 25.0 Å². The zero-order valence-electron chi connectivity index (χ0n) is 18.0. The van der Waals surface area contributed by atoms with E-state index in [9.17, 15) is 0 Å². The van der Waals surface area contributed by atoms with Crippen LogP contribution in [-0.4, -0.2) is 0 Å². The van der Waals surface area contributed by atoms with E-state index in [-0.39, 0.29) is 0 Å². The van der Waals surface area contributed by atoms with Crippen molar-refractivity contribution in [3.8, 4) is 11.1 Å². The van der Waals surface area contributed by atoms with Crippen LogP contribution in [0.2, 0.25) is 0 Å². The van der Waals surface area contributed by atoms with Gasteiger partial charge in [0.25, 0.3) is 0 Å². The molecule has 1 heteroatoms. The van der Waals surface area contributed by atoms with Gasteiger partial charge in [-0.25, -0.2) is 0 Å². The second-order valence-corrected chi connectivity index (χ2v) is 8.23. The van der Waals surface area contributed by atoms with Gasteiger partial charge in [0.15, 0.2) is 0 Å². The molecule has 0 fully saturated rings. The summed E-state index contributed by atoms with van der Waals surface area (Å²) < 4.78 is 2.65. The lowest BCUT2D eigenvalue weighted by Gasteiger charge is -2.04. The first-order valence-corrected chi connectivity index (χ1v) is 11.0. The van der Waals surface area contributed by atoms with E-state index in [1.165, 1.54) is 42.4 Å². The summed E-state index contributed by atoms with van der Waals surface area (Å²) in [6, 6.07) is 22.3. The number of fused-ring (bicyclic) bond motifs is 3. The molecule has 0 spiro atoms. The first-order valence-electron chi connectivity index (χ1n) is 10.2.